The molecule has 1 aromatic rings. The van der Waals surface area contributed by atoms with Crippen LogP contribution in [0.1, 0.15) is 45.1 Å². The molecule has 94 valence electrons. The third-order valence-corrected chi connectivity index (χ3v) is 2.73. The zero-order valence-electron chi connectivity index (χ0n) is 10.6. The standard InChI is InChI=1S/C11H18N4O2/c1-7-9-8(12-14-13-9)5-6-15(7)10(16)17-11(2,3)4/h7H,5-6H2,1-4H3,(H,12,13,14). The number of ether oxygens (including phenoxy) is 1. The first-order valence-corrected chi connectivity index (χ1v) is 5.77. The highest BCUT2D eigenvalue weighted by Gasteiger charge is 2.33. The Balaban J connectivity index is 2.12. The van der Waals surface area contributed by atoms with E-state index >= 15 is 0 Å². The van der Waals surface area contributed by atoms with Crippen LogP contribution in [0.25, 0.3) is 0 Å². The first kappa shape index (κ1) is 11.9. The Morgan fingerprint density at radius 2 is 2.18 bits per heavy atom. The summed E-state index contributed by atoms with van der Waals surface area (Å²) < 4.78 is 5.37. The molecule has 6 heteroatoms. The lowest BCUT2D eigenvalue weighted by Gasteiger charge is -2.33. The number of hydrogen-bond acceptors (Lipinski definition) is 4. The lowest BCUT2D eigenvalue weighted by Crippen LogP contribution is -2.42. The van der Waals surface area contributed by atoms with Crippen LogP contribution in [0.3, 0.4) is 0 Å². The quantitative estimate of drug-likeness (QED) is 0.746. The van der Waals surface area contributed by atoms with Crippen molar-refractivity contribution in [2.75, 3.05) is 6.54 Å². The summed E-state index contributed by atoms with van der Waals surface area (Å²) >= 11 is 0. The van der Waals surface area contributed by atoms with Gasteiger partial charge in [0, 0.05) is 13.0 Å². The summed E-state index contributed by atoms with van der Waals surface area (Å²) in [5.74, 6) is 0. The highest BCUT2D eigenvalue weighted by atomic mass is 16.6. The van der Waals surface area contributed by atoms with Crippen LogP contribution >= 0.6 is 0 Å². The average molecular weight is 238 g/mol. The van der Waals surface area contributed by atoms with Crippen molar-refractivity contribution in [1.82, 2.24) is 20.3 Å². The minimum absolute atomic E-state index is 0.0904. The summed E-state index contributed by atoms with van der Waals surface area (Å²) in [5.41, 5.74) is 1.31. The van der Waals surface area contributed by atoms with Gasteiger partial charge in [-0.2, -0.15) is 15.4 Å². The molecule has 1 atom stereocenters. The molecule has 1 aliphatic heterocycles. The SMILES string of the molecule is CC1c2n[nH]nc2CCN1C(=O)OC(C)(C)C. The van der Waals surface area contributed by atoms with Crippen molar-refractivity contribution in [2.24, 2.45) is 0 Å². The second-order valence-electron chi connectivity index (χ2n) is 5.26. The average Bonchev–Trinajstić information content (AvgIpc) is 2.63. The number of hydrogen-bond donors (Lipinski definition) is 1. The van der Waals surface area contributed by atoms with E-state index in [0.29, 0.717) is 6.54 Å². The zero-order valence-corrected chi connectivity index (χ0v) is 10.6. The van der Waals surface area contributed by atoms with E-state index in [1.165, 1.54) is 0 Å². The number of carbonyl (C=O) groups excluding carboxylic acids is 1. The van der Waals surface area contributed by atoms with Gasteiger partial charge in [0.15, 0.2) is 0 Å². The second-order valence-corrected chi connectivity index (χ2v) is 5.26. The molecule has 1 aromatic heterocycles. The van der Waals surface area contributed by atoms with E-state index in [4.69, 9.17) is 4.74 Å². The summed E-state index contributed by atoms with van der Waals surface area (Å²) in [7, 11) is 0. The van der Waals surface area contributed by atoms with E-state index in [0.717, 1.165) is 17.8 Å². The van der Waals surface area contributed by atoms with E-state index in [1.807, 2.05) is 27.7 Å². The first-order valence-electron chi connectivity index (χ1n) is 5.77. The minimum Gasteiger partial charge on any atom is -0.444 e. The number of aromatic nitrogens is 3. The number of carbonyl (C=O) groups is 1. The smallest absolute Gasteiger partial charge is 0.410 e. The molecule has 2 heterocycles. The predicted molar refractivity (Wildman–Crippen MR) is 61.4 cm³/mol. The van der Waals surface area contributed by atoms with Crippen molar-refractivity contribution < 1.29 is 9.53 Å². The number of nitrogens with zero attached hydrogens (tertiary/aromatic N) is 3. The van der Waals surface area contributed by atoms with Crippen LogP contribution in [0, 0.1) is 0 Å². The highest BCUT2D eigenvalue weighted by Crippen LogP contribution is 2.27. The van der Waals surface area contributed by atoms with Crippen molar-refractivity contribution in [2.45, 2.75) is 45.8 Å². The molecule has 0 spiro atoms. The van der Waals surface area contributed by atoms with Crippen molar-refractivity contribution in [3.63, 3.8) is 0 Å². The van der Waals surface area contributed by atoms with Crippen LogP contribution in [0.4, 0.5) is 4.79 Å². The van der Waals surface area contributed by atoms with E-state index in [2.05, 4.69) is 15.4 Å². The Morgan fingerprint density at radius 3 is 2.82 bits per heavy atom. The van der Waals surface area contributed by atoms with Crippen molar-refractivity contribution in [3.05, 3.63) is 11.4 Å². The summed E-state index contributed by atoms with van der Waals surface area (Å²) in [6, 6.07) is -0.0904. The first-order chi connectivity index (χ1) is 7.88. The zero-order chi connectivity index (χ0) is 12.6. The lowest BCUT2D eigenvalue weighted by atomic mass is 10.1. The maximum Gasteiger partial charge on any atom is 0.410 e. The van der Waals surface area contributed by atoms with Gasteiger partial charge in [0.25, 0.3) is 0 Å². The number of fused-ring (bicyclic) bond motifs is 1. The maximum absolute atomic E-state index is 12.0. The Bertz CT molecular complexity index is 421. The summed E-state index contributed by atoms with van der Waals surface area (Å²) in [5, 5.41) is 10.7. The second kappa shape index (κ2) is 4.01. The molecule has 1 aliphatic rings. The van der Waals surface area contributed by atoms with Crippen LogP contribution < -0.4 is 0 Å². The normalized spacial score (nSPS) is 20.0. The third-order valence-electron chi connectivity index (χ3n) is 2.73. The molecule has 0 aromatic carbocycles. The van der Waals surface area contributed by atoms with Crippen molar-refractivity contribution >= 4 is 6.09 Å². The van der Waals surface area contributed by atoms with E-state index < -0.39 is 5.60 Å². The van der Waals surface area contributed by atoms with Crippen LogP contribution in [0.2, 0.25) is 0 Å². The van der Waals surface area contributed by atoms with Gasteiger partial charge in [0.05, 0.1) is 11.7 Å². The fourth-order valence-electron chi connectivity index (χ4n) is 1.92. The monoisotopic (exact) mass is 238 g/mol. The Hall–Kier alpha value is -1.59. The van der Waals surface area contributed by atoms with Gasteiger partial charge in [0.2, 0.25) is 0 Å². The molecule has 0 aliphatic carbocycles. The summed E-state index contributed by atoms with van der Waals surface area (Å²) in [6.07, 6.45) is 0.425. The van der Waals surface area contributed by atoms with Crippen LogP contribution in [-0.2, 0) is 11.2 Å². The molecule has 1 amide bonds. The molecular formula is C11H18N4O2. The van der Waals surface area contributed by atoms with E-state index in [-0.39, 0.29) is 12.1 Å². The van der Waals surface area contributed by atoms with Gasteiger partial charge in [0.1, 0.15) is 11.3 Å². The Labute approximate surface area is 100 Å². The third kappa shape index (κ3) is 2.40. The lowest BCUT2D eigenvalue weighted by molar-refractivity contribution is 0.0155. The largest absolute Gasteiger partial charge is 0.444 e. The van der Waals surface area contributed by atoms with Gasteiger partial charge in [-0.1, -0.05) is 0 Å². The van der Waals surface area contributed by atoms with Gasteiger partial charge < -0.3 is 4.74 Å². The Morgan fingerprint density at radius 1 is 1.47 bits per heavy atom. The van der Waals surface area contributed by atoms with Crippen molar-refractivity contribution in [3.8, 4) is 0 Å². The molecule has 6 nitrogen and oxygen atoms in total. The van der Waals surface area contributed by atoms with Crippen molar-refractivity contribution in [1.29, 1.82) is 0 Å². The molecule has 0 saturated carbocycles. The van der Waals surface area contributed by atoms with Gasteiger partial charge in [-0.25, -0.2) is 4.79 Å². The molecule has 1 unspecified atom stereocenters. The maximum atomic E-state index is 12.0. The number of H-pyrrole nitrogens is 1. The molecule has 17 heavy (non-hydrogen) atoms. The van der Waals surface area contributed by atoms with Gasteiger partial charge in [-0.15, -0.1) is 0 Å². The molecule has 2 rings (SSSR count). The molecule has 0 radical (unpaired) electrons. The molecule has 0 saturated heterocycles. The molecule has 1 N–H and O–H groups in total. The summed E-state index contributed by atoms with van der Waals surface area (Å²) in [4.78, 5) is 13.7. The van der Waals surface area contributed by atoms with Crippen LogP contribution in [-0.4, -0.2) is 38.5 Å². The Kier molecular flexibility index (Phi) is 2.81. The number of rotatable bonds is 0. The van der Waals surface area contributed by atoms with E-state index in [1.54, 1.807) is 4.90 Å². The fraction of sp³-hybridized carbons (Fsp3) is 0.727. The molecule has 0 fully saturated rings. The van der Waals surface area contributed by atoms with Gasteiger partial charge >= 0.3 is 6.09 Å². The number of amides is 1. The predicted octanol–water partition coefficient (Wildman–Crippen LogP) is 1.66. The minimum atomic E-state index is -0.471. The molecule has 0 bridgehead atoms. The molecular weight excluding hydrogens is 220 g/mol. The van der Waals surface area contributed by atoms with Crippen LogP contribution in [0.15, 0.2) is 0 Å². The van der Waals surface area contributed by atoms with Crippen LogP contribution in [0.5, 0.6) is 0 Å². The topological polar surface area (TPSA) is 71.1 Å². The van der Waals surface area contributed by atoms with E-state index in [9.17, 15) is 4.79 Å². The highest BCUT2D eigenvalue weighted by molar-refractivity contribution is 5.69. The fourth-order valence-corrected chi connectivity index (χ4v) is 1.92. The van der Waals surface area contributed by atoms with Gasteiger partial charge in [-0.3, -0.25) is 4.90 Å². The van der Waals surface area contributed by atoms with Gasteiger partial charge in [-0.05, 0) is 27.7 Å². The number of nitrogens with one attached hydrogen (secondary N) is 1. The summed E-state index contributed by atoms with van der Waals surface area (Å²) in [6.45, 7) is 8.14. The number of aromatic amines is 1.